The summed E-state index contributed by atoms with van der Waals surface area (Å²) >= 11 is 6.10. The lowest BCUT2D eigenvalue weighted by atomic mass is 9.99. The second-order valence-corrected chi connectivity index (χ2v) is 5.11. The number of carboxylic acids is 1. The van der Waals surface area contributed by atoms with Gasteiger partial charge in [0, 0.05) is 24.7 Å². The first-order chi connectivity index (χ1) is 8.08. The smallest absolute Gasteiger partial charge is 0.308 e. The Kier molecular flexibility index (Phi) is 3.69. The van der Waals surface area contributed by atoms with Crippen molar-refractivity contribution in [2.45, 2.75) is 13.5 Å². The van der Waals surface area contributed by atoms with Gasteiger partial charge in [-0.05, 0) is 17.5 Å². The minimum atomic E-state index is -0.695. The minimum absolute atomic E-state index is 0.204. The Labute approximate surface area is 106 Å². The topological polar surface area (TPSA) is 40.5 Å². The monoisotopic (exact) mass is 253 g/mol. The molecule has 0 amide bonds. The number of carboxylic acid groups (broad SMARTS) is 1. The summed E-state index contributed by atoms with van der Waals surface area (Å²) in [6.45, 7) is 4.16. The van der Waals surface area contributed by atoms with Crippen LogP contribution in [0.1, 0.15) is 12.5 Å². The lowest BCUT2D eigenvalue weighted by Crippen LogP contribution is -2.23. The number of nitrogens with zero attached hydrogens (tertiary/aromatic N) is 1. The van der Waals surface area contributed by atoms with Crippen LogP contribution >= 0.6 is 11.6 Å². The molecule has 3 nitrogen and oxygen atoms in total. The third-order valence-corrected chi connectivity index (χ3v) is 3.73. The second kappa shape index (κ2) is 5.07. The van der Waals surface area contributed by atoms with Crippen LogP contribution in [0.2, 0.25) is 5.02 Å². The van der Waals surface area contributed by atoms with Crippen LogP contribution in [-0.2, 0) is 11.3 Å². The van der Waals surface area contributed by atoms with Crippen LogP contribution in [0.5, 0.6) is 0 Å². The number of likely N-dealkylation sites (tertiary alicyclic amines) is 1. The van der Waals surface area contributed by atoms with Gasteiger partial charge in [0.25, 0.3) is 0 Å². The third kappa shape index (κ3) is 2.79. The molecule has 1 N–H and O–H groups in total. The summed E-state index contributed by atoms with van der Waals surface area (Å²) in [6, 6.07) is 7.71. The second-order valence-electron chi connectivity index (χ2n) is 4.71. The van der Waals surface area contributed by atoms with Crippen molar-refractivity contribution in [1.82, 2.24) is 4.90 Å². The number of hydrogen-bond donors (Lipinski definition) is 1. The van der Waals surface area contributed by atoms with Gasteiger partial charge in [0.05, 0.1) is 5.92 Å². The molecular formula is C13H16ClNO2. The maximum absolute atomic E-state index is 11.0. The SMILES string of the molecule is CC1CN(Cc2ccccc2Cl)CC1C(=O)O. The minimum Gasteiger partial charge on any atom is -0.481 e. The van der Waals surface area contributed by atoms with E-state index in [-0.39, 0.29) is 11.8 Å². The molecule has 0 aromatic heterocycles. The van der Waals surface area contributed by atoms with Gasteiger partial charge in [0.2, 0.25) is 0 Å². The molecule has 0 saturated carbocycles. The van der Waals surface area contributed by atoms with Crippen LogP contribution in [-0.4, -0.2) is 29.1 Å². The Morgan fingerprint density at radius 2 is 2.18 bits per heavy atom. The van der Waals surface area contributed by atoms with Crippen LogP contribution in [0.4, 0.5) is 0 Å². The van der Waals surface area contributed by atoms with Crippen molar-refractivity contribution in [3.05, 3.63) is 34.9 Å². The maximum Gasteiger partial charge on any atom is 0.308 e. The number of rotatable bonds is 3. The van der Waals surface area contributed by atoms with Crippen LogP contribution in [0.25, 0.3) is 0 Å². The zero-order chi connectivity index (χ0) is 12.4. The van der Waals surface area contributed by atoms with Gasteiger partial charge < -0.3 is 5.11 Å². The Balaban J connectivity index is 2.03. The standard InChI is InChI=1S/C13H16ClNO2/c1-9-6-15(8-11(9)13(16)17)7-10-4-2-3-5-12(10)14/h2-5,9,11H,6-8H2,1H3,(H,16,17). The number of aliphatic carboxylic acids is 1. The van der Waals surface area contributed by atoms with E-state index in [9.17, 15) is 4.79 Å². The van der Waals surface area contributed by atoms with Gasteiger partial charge in [0.15, 0.2) is 0 Å². The highest BCUT2D eigenvalue weighted by atomic mass is 35.5. The molecule has 1 aromatic carbocycles. The van der Waals surface area contributed by atoms with Gasteiger partial charge in [-0.25, -0.2) is 0 Å². The first-order valence-electron chi connectivity index (χ1n) is 5.76. The van der Waals surface area contributed by atoms with Gasteiger partial charge in [-0.3, -0.25) is 9.69 Å². The van der Waals surface area contributed by atoms with E-state index in [2.05, 4.69) is 4.90 Å². The van der Waals surface area contributed by atoms with Gasteiger partial charge in [0.1, 0.15) is 0 Å². The van der Waals surface area contributed by atoms with Gasteiger partial charge in [-0.2, -0.15) is 0 Å². The summed E-state index contributed by atoms with van der Waals surface area (Å²) in [5.74, 6) is -0.744. The summed E-state index contributed by atoms with van der Waals surface area (Å²) in [7, 11) is 0. The van der Waals surface area contributed by atoms with Crippen molar-refractivity contribution in [2.24, 2.45) is 11.8 Å². The third-order valence-electron chi connectivity index (χ3n) is 3.36. The molecule has 0 spiro atoms. The number of carbonyl (C=O) groups is 1. The molecule has 1 aliphatic rings. The van der Waals surface area contributed by atoms with Crippen molar-refractivity contribution < 1.29 is 9.90 Å². The fourth-order valence-electron chi connectivity index (χ4n) is 2.39. The summed E-state index contributed by atoms with van der Waals surface area (Å²) in [5.41, 5.74) is 1.06. The zero-order valence-electron chi connectivity index (χ0n) is 9.77. The molecule has 1 saturated heterocycles. The summed E-state index contributed by atoms with van der Waals surface area (Å²) < 4.78 is 0. The van der Waals surface area contributed by atoms with Crippen LogP contribution in [0, 0.1) is 11.8 Å². The van der Waals surface area contributed by atoms with Crippen LogP contribution < -0.4 is 0 Å². The first kappa shape index (κ1) is 12.4. The van der Waals surface area contributed by atoms with E-state index in [1.165, 1.54) is 0 Å². The van der Waals surface area contributed by atoms with Gasteiger partial charge in [-0.15, -0.1) is 0 Å². The quantitative estimate of drug-likeness (QED) is 0.900. The molecule has 2 unspecified atom stereocenters. The number of benzene rings is 1. The van der Waals surface area contributed by atoms with Crippen molar-refractivity contribution in [1.29, 1.82) is 0 Å². The van der Waals surface area contributed by atoms with E-state index in [1.54, 1.807) is 0 Å². The van der Waals surface area contributed by atoms with E-state index >= 15 is 0 Å². The summed E-state index contributed by atoms with van der Waals surface area (Å²) in [4.78, 5) is 13.2. The lowest BCUT2D eigenvalue weighted by molar-refractivity contribution is -0.142. The predicted molar refractivity (Wildman–Crippen MR) is 67.0 cm³/mol. The molecule has 1 fully saturated rings. The first-order valence-corrected chi connectivity index (χ1v) is 6.14. The molecule has 17 heavy (non-hydrogen) atoms. The predicted octanol–water partition coefficient (Wildman–Crippen LogP) is 2.49. The van der Waals surface area contributed by atoms with E-state index in [0.717, 1.165) is 23.7 Å². The highest BCUT2D eigenvalue weighted by Gasteiger charge is 2.34. The highest BCUT2D eigenvalue weighted by Crippen LogP contribution is 2.26. The fourth-order valence-corrected chi connectivity index (χ4v) is 2.58. The average Bonchev–Trinajstić information content (AvgIpc) is 2.63. The van der Waals surface area contributed by atoms with E-state index < -0.39 is 5.97 Å². The molecule has 2 rings (SSSR count). The van der Waals surface area contributed by atoms with Gasteiger partial charge in [-0.1, -0.05) is 36.7 Å². The Bertz CT molecular complexity index is 422. The molecule has 1 aromatic rings. The summed E-state index contributed by atoms with van der Waals surface area (Å²) in [5, 5.41) is 9.82. The zero-order valence-corrected chi connectivity index (χ0v) is 10.5. The largest absolute Gasteiger partial charge is 0.481 e. The molecular weight excluding hydrogens is 238 g/mol. The van der Waals surface area contributed by atoms with Gasteiger partial charge >= 0.3 is 5.97 Å². The Morgan fingerprint density at radius 1 is 1.47 bits per heavy atom. The molecule has 2 atom stereocenters. The number of hydrogen-bond acceptors (Lipinski definition) is 2. The van der Waals surface area contributed by atoms with E-state index in [4.69, 9.17) is 16.7 Å². The molecule has 0 aliphatic carbocycles. The average molecular weight is 254 g/mol. The molecule has 0 bridgehead atoms. The van der Waals surface area contributed by atoms with Crippen LogP contribution in [0.3, 0.4) is 0 Å². The van der Waals surface area contributed by atoms with Crippen LogP contribution in [0.15, 0.2) is 24.3 Å². The summed E-state index contributed by atoms with van der Waals surface area (Å²) in [6.07, 6.45) is 0. The van der Waals surface area contributed by atoms with Crippen molar-refractivity contribution in [3.63, 3.8) is 0 Å². The molecule has 0 radical (unpaired) electrons. The van der Waals surface area contributed by atoms with E-state index in [0.29, 0.717) is 6.54 Å². The van der Waals surface area contributed by atoms with Crippen molar-refractivity contribution in [2.75, 3.05) is 13.1 Å². The van der Waals surface area contributed by atoms with Crippen molar-refractivity contribution in [3.8, 4) is 0 Å². The van der Waals surface area contributed by atoms with E-state index in [1.807, 2.05) is 31.2 Å². The Hall–Kier alpha value is -1.06. The molecule has 92 valence electrons. The van der Waals surface area contributed by atoms with Crippen molar-refractivity contribution >= 4 is 17.6 Å². The number of halogens is 1. The fraction of sp³-hybridized carbons (Fsp3) is 0.462. The molecule has 4 heteroatoms. The lowest BCUT2D eigenvalue weighted by Gasteiger charge is -2.16. The molecule has 1 heterocycles. The highest BCUT2D eigenvalue weighted by molar-refractivity contribution is 6.31. The molecule has 1 aliphatic heterocycles. The normalized spacial score (nSPS) is 25.1. The maximum atomic E-state index is 11.0. The Morgan fingerprint density at radius 3 is 2.76 bits per heavy atom.